The maximum atomic E-state index is 11.5. The van der Waals surface area contributed by atoms with E-state index in [0.717, 1.165) is 0 Å². The Balaban J connectivity index is 2.65. The molecule has 1 aromatic carbocycles. The van der Waals surface area contributed by atoms with Crippen LogP contribution in [0.2, 0.25) is 0 Å². The molecule has 0 saturated heterocycles. The van der Waals surface area contributed by atoms with E-state index in [1.54, 1.807) is 19.1 Å². The van der Waals surface area contributed by atoms with Gasteiger partial charge in [-0.2, -0.15) is 0 Å². The van der Waals surface area contributed by atoms with Crippen LogP contribution in [-0.2, 0) is 9.53 Å². The molecule has 0 radical (unpaired) electrons. The van der Waals surface area contributed by atoms with Crippen molar-refractivity contribution in [2.45, 2.75) is 13.3 Å². The standard InChI is InChI=1S/C11H12O4/c1-2-15-11(14)7-10(13)8-4-3-5-9(12)6-8/h3-6,12H,2,7H2,1H3. The second-order valence-electron chi connectivity index (χ2n) is 2.96. The van der Waals surface area contributed by atoms with Crippen molar-refractivity contribution in [2.24, 2.45) is 0 Å². The molecule has 1 aromatic rings. The minimum Gasteiger partial charge on any atom is -0.508 e. The fourth-order valence-electron chi connectivity index (χ4n) is 1.12. The van der Waals surface area contributed by atoms with Crippen LogP contribution < -0.4 is 0 Å². The Kier molecular flexibility index (Phi) is 3.85. The summed E-state index contributed by atoms with van der Waals surface area (Å²) in [6.45, 7) is 1.93. The van der Waals surface area contributed by atoms with Crippen molar-refractivity contribution in [3.63, 3.8) is 0 Å². The molecule has 0 bridgehead atoms. The number of hydrogen-bond donors (Lipinski definition) is 1. The number of rotatable bonds is 4. The Morgan fingerprint density at radius 3 is 2.73 bits per heavy atom. The Morgan fingerprint density at radius 1 is 1.40 bits per heavy atom. The monoisotopic (exact) mass is 208 g/mol. The Bertz CT molecular complexity index is 371. The summed E-state index contributed by atoms with van der Waals surface area (Å²) in [7, 11) is 0. The third kappa shape index (κ3) is 3.42. The number of ketones is 1. The lowest BCUT2D eigenvalue weighted by molar-refractivity contribution is -0.141. The largest absolute Gasteiger partial charge is 0.508 e. The van der Waals surface area contributed by atoms with Gasteiger partial charge in [0.25, 0.3) is 0 Å². The molecule has 4 nitrogen and oxygen atoms in total. The van der Waals surface area contributed by atoms with Crippen LogP contribution in [0.5, 0.6) is 5.75 Å². The van der Waals surface area contributed by atoms with Gasteiger partial charge in [-0.25, -0.2) is 0 Å². The predicted octanol–water partition coefficient (Wildman–Crippen LogP) is 1.53. The topological polar surface area (TPSA) is 63.6 Å². The van der Waals surface area contributed by atoms with Gasteiger partial charge in [-0.05, 0) is 19.1 Å². The summed E-state index contributed by atoms with van der Waals surface area (Å²) in [5.74, 6) is -0.903. The van der Waals surface area contributed by atoms with Crippen LogP contribution in [0.4, 0.5) is 0 Å². The number of carbonyl (C=O) groups excluding carboxylic acids is 2. The van der Waals surface area contributed by atoms with Crippen LogP contribution in [0, 0.1) is 0 Å². The van der Waals surface area contributed by atoms with Gasteiger partial charge in [-0.1, -0.05) is 12.1 Å². The van der Waals surface area contributed by atoms with Gasteiger partial charge in [-0.3, -0.25) is 9.59 Å². The molecule has 1 rings (SSSR count). The van der Waals surface area contributed by atoms with Crippen molar-refractivity contribution in [1.29, 1.82) is 0 Å². The summed E-state index contributed by atoms with van der Waals surface area (Å²) in [4.78, 5) is 22.5. The van der Waals surface area contributed by atoms with Crippen molar-refractivity contribution < 1.29 is 19.4 Å². The molecular weight excluding hydrogens is 196 g/mol. The fourth-order valence-corrected chi connectivity index (χ4v) is 1.12. The molecule has 0 aliphatic heterocycles. The van der Waals surface area contributed by atoms with Gasteiger partial charge in [-0.15, -0.1) is 0 Å². The van der Waals surface area contributed by atoms with Crippen LogP contribution in [0.3, 0.4) is 0 Å². The number of carbonyl (C=O) groups is 2. The SMILES string of the molecule is CCOC(=O)CC(=O)c1cccc(O)c1. The molecule has 0 amide bonds. The summed E-state index contributed by atoms with van der Waals surface area (Å²) in [6, 6.07) is 5.87. The summed E-state index contributed by atoms with van der Waals surface area (Å²) in [6.07, 6.45) is -0.294. The van der Waals surface area contributed by atoms with Crippen LogP contribution in [0.1, 0.15) is 23.7 Å². The summed E-state index contributed by atoms with van der Waals surface area (Å²) >= 11 is 0. The smallest absolute Gasteiger partial charge is 0.313 e. The highest BCUT2D eigenvalue weighted by molar-refractivity contribution is 6.06. The first-order valence-electron chi connectivity index (χ1n) is 4.61. The molecular formula is C11H12O4. The van der Waals surface area contributed by atoms with Crippen molar-refractivity contribution >= 4 is 11.8 Å². The Hall–Kier alpha value is -1.84. The van der Waals surface area contributed by atoms with E-state index in [2.05, 4.69) is 4.74 Å². The van der Waals surface area contributed by atoms with Gasteiger partial charge in [0.05, 0.1) is 6.61 Å². The first-order valence-corrected chi connectivity index (χ1v) is 4.61. The van der Waals surface area contributed by atoms with Crippen LogP contribution in [0.15, 0.2) is 24.3 Å². The lowest BCUT2D eigenvalue weighted by atomic mass is 10.1. The molecule has 0 heterocycles. The Morgan fingerprint density at radius 2 is 2.13 bits per heavy atom. The van der Waals surface area contributed by atoms with E-state index in [1.165, 1.54) is 12.1 Å². The van der Waals surface area contributed by atoms with E-state index >= 15 is 0 Å². The maximum absolute atomic E-state index is 11.5. The van der Waals surface area contributed by atoms with Gasteiger partial charge >= 0.3 is 5.97 Å². The number of phenols is 1. The number of Topliss-reactive ketones (excluding diaryl/α,β-unsaturated/α-hetero) is 1. The molecule has 0 fully saturated rings. The minimum atomic E-state index is -0.550. The highest BCUT2D eigenvalue weighted by Gasteiger charge is 2.12. The van der Waals surface area contributed by atoms with E-state index in [1.807, 2.05) is 0 Å². The van der Waals surface area contributed by atoms with E-state index in [4.69, 9.17) is 5.11 Å². The van der Waals surface area contributed by atoms with Gasteiger partial charge in [0.1, 0.15) is 12.2 Å². The first kappa shape index (κ1) is 11.2. The lowest BCUT2D eigenvalue weighted by Crippen LogP contribution is -2.11. The number of phenolic OH excluding ortho intramolecular Hbond substituents is 1. The van der Waals surface area contributed by atoms with E-state index in [-0.39, 0.29) is 24.6 Å². The quantitative estimate of drug-likeness (QED) is 0.463. The van der Waals surface area contributed by atoms with Gasteiger partial charge < -0.3 is 9.84 Å². The summed E-state index contributed by atoms with van der Waals surface area (Å²) < 4.78 is 4.64. The van der Waals surface area contributed by atoms with Gasteiger partial charge in [0, 0.05) is 5.56 Å². The number of benzene rings is 1. The number of esters is 1. The normalized spacial score (nSPS) is 9.67. The summed E-state index contributed by atoms with van der Waals surface area (Å²) in [5, 5.41) is 9.13. The molecule has 0 unspecified atom stereocenters. The third-order valence-corrected chi connectivity index (χ3v) is 1.78. The predicted molar refractivity (Wildman–Crippen MR) is 53.7 cm³/mol. The van der Waals surface area contributed by atoms with Crippen LogP contribution in [-0.4, -0.2) is 23.5 Å². The average Bonchev–Trinajstić information content (AvgIpc) is 2.18. The Labute approximate surface area is 87.5 Å². The van der Waals surface area contributed by atoms with Crippen LogP contribution >= 0.6 is 0 Å². The highest BCUT2D eigenvalue weighted by atomic mass is 16.5. The van der Waals surface area contributed by atoms with Crippen molar-refractivity contribution in [3.8, 4) is 5.75 Å². The molecule has 15 heavy (non-hydrogen) atoms. The number of ether oxygens (including phenoxy) is 1. The molecule has 0 aliphatic rings. The van der Waals surface area contributed by atoms with Crippen LogP contribution in [0.25, 0.3) is 0 Å². The zero-order valence-corrected chi connectivity index (χ0v) is 8.40. The van der Waals surface area contributed by atoms with Crippen molar-refractivity contribution in [1.82, 2.24) is 0 Å². The molecule has 80 valence electrons. The van der Waals surface area contributed by atoms with E-state index in [0.29, 0.717) is 5.56 Å². The van der Waals surface area contributed by atoms with Gasteiger partial charge in [0.15, 0.2) is 5.78 Å². The zero-order valence-electron chi connectivity index (χ0n) is 8.40. The highest BCUT2D eigenvalue weighted by Crippen LogP contribution is 2.12. The molecule has 0 saturated carbocycles. The molecule has 1 N–H and O–H groups in total. The summed E-state index contributed by atoms with van der Waals surface area (Å²) in [5.41, 5.74) is 0.308. The second-order valence-corrected chi connectivity index (χ2v) is 2.96. The maximum Gasteiger partial charge on any atom is 0.313 e. The third-order valence-electron chi connectivity index (χ3n) is 1.78. The first-order chi connectivity index (χ1) is 7.13. The molecule has 0 atom stereocenters. The van der Waals surface area contributed by atoms with Crippen molar-refractivity contribution in [3.05, 3.63) is 29.8 Å². The average molecular weight is 208 g/mol. The number of aromatic hydroxyl groups is 1. The number of hydrogen-bond acceptors (Lipinski definition) is 4. The molecule has 0 aromatic heterocycles. The fraction of sp³-hybridized carbons (Fsp3) is 0.273. The van der Waals surface area contributed by atoms with E-state index in [9.17, 15) is 9.59 Å². The molecule has 0 spiro atoms. The van der Waals surface area contributed by atoms with Gasteiger partial charge in [0.2, 0.25) is 0 Å². The zero-order chi connectivity index (χ0) is 11.3. The second kappa shape index (κ2) is 5.14. The van der Waals surface area contributed by atoms with E-state index < -0.39 is 5.97 Å². The minimum absolute atomic E-state index is 0.00436. The lowest BCUT2D eigenvalue weighted by Gasteiger charge is -2.01. The molecule has 4 heteroatoms. The molecule has 0 aliphatic carbocycles. The van der Waals surface area contributed by atoms with Crippen molar-refractivity contribution in [2.75, 3.05) is 6.61 Å².